The zero-order chi connectivity index (χ0) is 20.2. The normalized spacial score (nSPS) is 39.3. The summed E-state index contributed by atoms with van der Waals surface area (Å²) >= 11 is 0. The molecule has 1 unspecified atom stereocenters. The number of carbonyl (C=O) groups excluding carboxylic acids is 1. The van der Waals surface area contributed by atoms with Crippen LogP contribution < -0.4 is 0 Å². The van der Waals surface area contributed by atoms with E-state index in [2.05, 4.69) is 13.0 Å². The number of aliphatic hydroxyl groups is 1. The van der Waals surface area contributed by atoms with Crippen LogP contribution in [0, 0.1) is 23.2 Å². The first kappa shape index (κ1) is 19.4. The van der Waals surface area contributed by atoms with E-state index >= 15 is 0 Å². The minimum atomic E-state index is -1.31. The van der Waals surface area contributed by atoms with E-state index in [-0.39, 0.29) is 17.3 Å². The van der Waals surface area contributed by atoms with Gasteiger partial charge >= 0.3 is 5.97 Å². The van der Waals surface area contributed by atoms with Crippen LogP contribution >= 0.6 is 0 Å². The third-order valence-electron chi connectivity index (χ3n) is 8.99. The molecule has 0 saturated heterocycles. The Labute approximate surface area is 173 Å². The molecule has 5 atom stereocenters. The molecule has 0 amide bonds. The van der Waals surface area contributed by atoms with Crippen molar-refractivity contribution in [3.63, 3.8) is 0 Å². The van der Waals surface area contributed by atoms with Crippen LogP contribution in [0.1, 0.15) is 88.2 Å². The topological polar surface area (TPSA) is 66.8 Å². The molecule has 0 heterocycles. The molecule has 0 radical (unpaired) electrons. The summed E-state index contributed by atoms with van der Waals surface area (Å²) in [5.74, 6) is 0.246. The monoisotopic (exact) mass is 398 g/mol. The van der Waals surface area contributed by atoms with Gasteiger partial charge in [-0.15, -0.1) is 0 Å². The fourth-order valence-electron chi connectivity index (χ4n) is 7.30. The van der Waals surface area contributed by atoms with Crippen molar-refractivity contribution in [2.75, 3.05) is 0 Å². The molecule has 3 fully saturated rings. The number of fused-ring (bicyclic) bond motifs is 5. The first-order chi connectivity index (χ1) is 13.9. The zero-order valence-electron chi connectivity index (χ0n) is 17.5. The van der Waals surface area contributed by atoms with Crippen molar-refractivity contribution < 1.29 is 19.7 Å². The molecule has 3 saturated carbocycles. The molecule has 0 aliphatic heterocycles. The van der Waals surface area contributed by atoms with Crippen LogP contribution in [0.4, 0.5) is 0 Å². The van der Waals surface area contributed by atoms with E-state index in [1.54, 1.807) is 0 Å². The highest BCUT2D eigenvalue weighted by atomic mass is 16.7. The summed E-state index contributed by atoms with van der Waals surface area (Å²) < 4.78 is 5.96. The number of aromatic hydroxyl groups is 1. The van der Waals surface area contributed by atoms with Crippen molar-refractivity contribution in [2.24, 2.45) is 23.2 Å². The van der Waals surface area contributed by atoms with Crippen LogP contribution in [-0.2, 0) is 16.0 Å². The molecule has 0 bridgehead atoms. The Morgan fingerprint density at radius 1 is 1.07 bits per heavy atom. The molecule has 158 valence electrons. The van der Waals surface area contributed by atoms with E-state index in [1.807, 2.05) is 12.1 Å². The van der Waals surface area contributed by atoms with Crippen molar-refractivity contribution in [3.8, 4) is 5.75 Å². The van der Waals surface area contributed by atoms with Crippen molar-refractivity contribution >= 4 is 5.97 Å². The van der Waals surface area contributed by atoms with Gasteiger partial charge in [-0.1, -0.05) is 32.3 Å². The quantitative estimate of drug-likeness (QED) is 0.540. The molecule has 5 rings (SSSR count). The predicted molar refractivity (Wildman–Crippen MR) is 110 cm³/mol. The standard InChI is InChI=1S/C25H34O4/c1-24-13-11-20-19-10-8-18(26)15-17(19)7-9-21(20)22(24)12-14-25(24,28)29-23(27)16-5-3-2-4-6-16/h8,10,15-16,20-22,26,28H,2-7,9,11-14H2,1H3/t20-,21-,22+,24+,25?/m1/s1. The van der Waals surface area contributed by atoms with Gasteiger partial charge in [0.15, 0.2) is 0 Å². The lowest BCUT2D eigenvalue weighted by Gasteiger charge is -2.52. The lowest BCUT2D eigenvalue weighted by atomic mass is 9.55. The van der Waals surface area contributed by atoms with E-state index in [1.165, 1.54) is 17.5 Å². The van der Waals surface area contributed by atoms with E-state index in [4.69, 9.17) is 4.74 Å². The second-order valence-electron chi connectivity index (χ2n) is 10.3. The lowest BCUT2D eigenvalue weighted by Crippen LogP contribution is -2.53. The highest BCUT2D eigenvalue weighted by molar-refractivity contribution is 5.73. The van der Waals surface area contributed by atoms with Gasteiger partial charge in [0.1, 0.15) is 5.75 Å². The number of ether oxygens (including phenoxy) is 1. The first-order valence-electron chi connectivity index (χ1n) is 11.7. The number of hydrogen-bond acceptors (Lipinski definition) is 4. The summed E-state index contributed by atoms with van der Waals surface area (Å²) in [6.07, 6.45) is 10.7. The third kappa shape index (κ3) is 3.01. The van der Waals surface area contributed by atoms with Crippen molar-refractivity contribution in [2.45, 2.75) is 89.3 Å². The van der Waals surface area contributed by atoms with E-state index < -0.39 is 5.79 Å². The molecule has 1 aromatic carbocycles. The molecular weight excluding hydrogens is 364 g/mol. The molecule has 0 aromatic heterocycles. The van der Waals surface area contributed by atoms with Crippen LogP contribution in [0.2, 0.25) is 0 Å². The molecule has 1 aromatic rings. The molecule has 29 heavy (non-hydrogen) atoms. The van der Waals surface area contributed by atoms with Crippen LogP contribution in [0.5, 0.6) is 5.75 Å². The Bertz CT molecular complexity index is 798. The second-order valence-corrected chi connectivity index (χ2v) is 10.3. The number of benzene rings is 1. The summed E-state index contributed by atoms with van der Waals surface area (Å²) in [6, 6.07) is 5.84. The fraction of sp³-hybridized carbons (Fsp3) is 0.720. The number of phenols is 1. The maximum Gasteiger partial charge on any atom is 0.311 e. The summed E-state index contributed by atoms with van der Waals surface area (Å²) in [7, 11) is 0. The van der Waals surface area contributed by atoms with Gasteiger partial charge in [0.05, 0.1) is 5.92 Å². The molecule has 4 nitrogen and oxygen atoms in total. The van der Waals surface area contributed by atoms with Gasteiger partial charge in [-0.3, -0.25) is 4.79 Å². The summed E-state index contributed by atoms with van der Waals surface area (Å²) in [6.45, 7) is 2.17. The maximum absolute atomic E-state index is 12.8. The van der Waals surface area contributed by atoms with E-state index in [9.17, 15) is 15.0 Å². The van der Waals surface area contributed by atoms with E-state index in [0.717, 1.165) is 57.8 Å². The Balaban J connectivity index is 1.37. The summed E-state index contributed by atoms with van der Waals surface area (Å²) in [5.41, 5.74) is 2.31. The average molecular weight is 399 g/mol. The van der Waals surface area contributed by atoms with Gasteiger partial charge in [-0.25, -0.2) is 0 Å². The van der Waals surface area contributed by atoms with Crippen LogP contribution in [0.15, 0.2) is 18.2 Å². The van der Waals surface area contributed by atoms with Crippen LogP contribution in [0.25, 0.3) is 0 Å². The number of carbonyl (C=O) groups is 1. The molecule has 4 heteroatoms. The highest BCUT2D eigenvalue weighted by Crippen LogP contribution is 2.64. The minimum Gasteiger partial charge on any atom is -0.508 e. The number of rotatable bonds is 2. The number of aryl methyl sites for hydroxylation is 1. The minimum absolute atomic E-state index is 0.0269. The van der Waals surface area contributed by atoms with Crippen LogP contribution in [0.3, 0.4) is 0 Å². The maximum atomic E-state index is 12.8. The van der Waals surface area contributed by atoms with Gasteiger partial charge in [-0.2, -0.15) is 0 Å². The van der Waals surface area contributed by atoms with Gasteiger partial charge in [0.25, 0.3) is 0 Å². The second kappa shape index (κ2) is 7.01. The molecule has 0 spiro atoms. The Morgan fingerprint density at radius 2 is 1.86 bits per heavy atom. The Morgan fingerprint density at radius 3 is 2.66 bits per heavy atom. The Kier molecular flexibility index (Phi) is 4.69. The van der Waals surface area contributed by atoms with Gasteiger partial charge in [0, 0.05) is 11.8 Å². The number of phenolic OH excluding ortho intramolecular Hbond substituents is 1. The smallest absolute Gasteiger partial charge is 0.311 e. The third-order valence-corrected chi connectivity index (χ3v) is 8.99. The van der Waals surface area contributed by atoms with Crippen LogP contribution in [-0.4, -0.2) is 22.0 Å². The van der Waals surface area contributed by atoms with Gasteiger partial charge in [0.2, 0.25) is 5.79 Å². The largest absolute Gasteiger partial charge is 0.508 e. The van der Waals surface area contributed by atoms with Crippen molar-refractivity contribution in [1.82, 2.24) is 0 Å². The predicted octanol–water partition coefficient (Wildman–Crippen LogP) is 5.06. The first-order valence-corrected chi connectivity index (χ1v) is 11.7. The van der Waals surface area contributed by atoms with Crippen molar-refractivity contribution in [3.05, 3.63) is 29.3 Å². The summed E-state index contributed by atoms with van der Waals surface area (Å²) in [4.78, 5) is 12.8. The highest BCUT2D eigenvalue weighted by Gasteiger charge is 2.64. The SMILES string of the molecule is C[C@]12CC[C@@H]3c4ccc(O)cc4CC[C@H]3[C@@H]1CCC2(O)OC(=O)C1CCCCC1. The van der Waals surface area contributed by atoms with Gasteiger partial charge < -0.3 is 14.9 Å². The Hall–Kier alpha value is -1.55. The molecule has 2 N–H and O–H groups in total. The molecule has 4 aliphatic carbocycles. The van der Waals surface area contributed by atoms with Gasteiger partial charge in [-0.05, 0) is 86.0 Å². The number of esters is 1. The van der Waals surface area contributed by atoms with Crippen molar-refractivity contribution in [1.29, 1.82) is 0 Å². The summed E-state index contributed by atoms with van der Waals surface area (Å²) in [5, 5.41) is 21.4. The fourth-order valence-corrected chi connectivity index (χ4v) is 7.30. The zero-order valence-corrected chi connectivity index (χ0v) is 17.5. The average Bonchev–Trinajstić information content (AvgIpc) is 2.99. The van der Waals surface area contributed by atoms with E-state index in [0.29, 0.717) is 29.9 Å². The molecule has 4 aliphatic rings. The number of hydrogen-bond donors (Lipinski definition) is 2. The molecular formula is C25H34O4. The lowest BCUT2D eigenvalue weighted by molar-refractivity contribution is -0.263.